The number of esters is 1. The van der Waals surface area contributed by atoms with Crippen LogP contribution in [-0.2, 0) is 19.7 Å². The first-order valence-electron chi connectivity index (χ1n) is 8.53. The average molecular weight is 385 g/mol. The molecule has 0 atom stereocenters. The Hall–Kier alpha value is -2.87. The van der Waals surface area contributed by atoms with Crippen molar-refractivity contribution in [1.82, 2.24) is 8.75 Å². The molecule has 0 aliphatic heterocycles. The summed E-state index contributed by atoms with van der Waals surface area (Å²) in [6.07, 6.45) is 2.14. The Bertz CT molecular complexity index is 999. The lowest BCUT2D eigenvalue weighted by Gasteiger charge is -2.39. The Labute approximate surface area is 158 Å². The molecule has 0 bridgehead atoms. The van der Waals surface area contributed by atoms with E-state index in [1.807, 2.05) is 0 Å². The molecule has 138 valence electrons. The highest BCUT2D eigenvalue weighted by atomic mass is 32.1. The Morgan fingerprint density at radius 3 is 2.63 bits per heavy atom. The first-order valence-corrected chi connectivity index (χ1v) is 9.26. The second kappa shape index (κ2) is 7.03. The lowest BCUT2D eigenvalue weighted by Crippen LogP contribution is -2.44. The molecule has 4 rings (SSSR count). The van der Waals surface area contributed by atoms with Crippen LogP contribution in [0.4, 0.5) is 10.1 Å². The van der Waals surface area contributed by atoms with E-state index < -0.39 is 23.9 Å². The zero-order valence-electron chi connectivity index (χ0n) is 14.3. The Kier molecular flexibility index (Phi) is 4.57. The molecule has 1 N–H and O–H groups in total. The number of anilines is 1. The molecule has 1 heterocycles. The van der Waals surface area contributed by atoms with Gasteiger partial charge in [-0.15, -0.1) is 0 Å². The lowest BCUT2D eigenvalue weighted by molar-refractivity contribution is -0.156. The molecule has 27 heavy (non-hydrogen) atoms. The minimum absolute atomic E-state index is 0.355. The molecular weight excluding hydrogens is 369 g/mol. The van der Waals surface area contributed by atoms with Gasteiger partial charge in [0, 0.05) is 0 Å². The number of carbonyl (C=O) groups is 2. The van der Waals surface area contributed by atoms with Crippen LogP contribution in [0.25, 0.3) is 11.0 Å². The molecule has 8 heteroatoms. The summed E-state index contributed by atoms with van der Waals surface area (Å²) in [5.74, 6) is -1.26. The van der Waals surface area contributed by atoms with Gasteiger partial charge in [-0.3, -0.25) is 9.59 Å². The summed E-state index contributed by atoms with van der Waals surface area (Å²) in [7, 11) is 0. The van der Waals surface area contributed by atoms with Gasteiger partial charge in [0.2, 0.25) is 0 Å². The van der Waals surface area contributed by atoms with Crippen molar-refractivity contribution in [2.75, 3.05) is 11.9 Å². The predicted octanol–water partition coefficient (Wildman–Crippen LogP) is 3.43. The van der Waals surface area contributed by atoms with E-state index in [-0.39, 0.29) is 5.82 Å². The second-order valence-corrected chi connectivity index (χ2v) is 7.03. The molecule has 2 aromatic carbocycles. The van der Waals surface area contributed by atoms with Crippen LogP contribution in [0, 0.1) is 5.82 Å². The predicted molar refractivity (Wildman–Crippen MR) is 98.9 cm³/mol. The Morgan fingerprint density at radius 2 is 1.93 bits per heavy atom. The van der Waals surface area contributed by atoms with E-state index in [2.05, 4.69) is 14.1 Å². The van der Waals surface area contributed by atoms with E-state index in [9.17, 15) is 14.0 Å². The largest absolute Gasteiger partial charge is 0.455 e. The van der Waals surface area contributed by atoms with E-state index in [1.165, 1.54) is 12.1 Å². The molecule has 1 aromatic heterocycles. The number of nitrogens with zero attached hydrogens (tertiary/aromatic N) is 2. The molecule has 6 nitrogen and oxygen atoms in total. The fourth-order valence-electron chi connectivity index (χ4n) is 3.27. The molecule has 1 aliphatic rings. The second-order valence-electron chi connectivity index (χ2n) is 6.50. The normalized spacial score (nSPS) is 15.1. The summed E-state index contributed by atoms with van der Waals surface area (Å²) >= 11 is 1.06. The van der Waals surface area contributed by atoms with Crippen LogP contribution in [-0.4, -0.2) is 27.2 Å². The number of hydrogen-bond acceptors (Lipinski definition) is 6. The quantitative estimate of drug-likeness (QED) is 0.681. The average Bonchev–Trinajstić information content (AvgIpc) is 3.10. The molecular formula is C19H16FN3O3S. The van der Waals surface area contributed by atoms with E-state index in [1.54, 1.807) is 30.3 Å². The topological polar surface area (TPSA) is 81.2 Å². The first kappa shape index (κ1) is 17.5. The van der Waals surface area contributed by atoms with Crippen molar-refractivity contribution >= 4 is 40.3 Å². The van der Waals surface area contributed by atoms with Gasteiger partial charge in [-0.25, -0.2) is 4.39 Å². The van der Waals surface area contributed by atoms with E-state index in [4.69, 9.17) is 4.74 Å². The summed E-state index contributed by atoms with van der Waals surface area (Å²) in [6.45, 7) is -0.393. The number of nitrogens with one attached hydrogen (secondary N) is 1. The smallest absolute Gasteiger partial charge is 0.317 e. The number of rotatable bonds is 5. The summed E-state index contributed by atoms with van der Waals surface area (Å²) in [6, 6.07) is 11.2. The van der Waals surface area contributed by atoms with Gasteiger partial charge in [0.15, 0.2) is 6.61 Å². The van der Waals surface area contributed by atoms with Crippen molar-refractivity contribution in [3.05, 3.63) is 53.8 Å². The SMILES string of the molecule is O=C(COC(=O)C1(c2ccc(F)cc2)CCC1)Nc1cccc2nsnc12. The van der Waals surface area contributed by atoms with Crippen molar-refractivity contribution < 1.29 is 18.7 Å². The molecule has 1 amide bonds. The van der Waals surface area contributed by atoms with Crippen molar-refractivity contribution in [3.8, 4) is 0 Å². The number of hydrogen-bond donors (Lipinski definition) is 1. The van der Waals surface area contributed by atoms with E-state index >= 15 is 0 Å². The van der Waals surface area contributed by atoms with Crippen LogP contribution in [0.15, 0.2) is 42.5 Å². The number of carbonyl (C=O) groups excluding carboxylic acids is 2. The van der Waals surface area contributed by atoms with Crippen LogP contribution < -0.4 is 5.32 Å². The molecule has 1 aliphatic carbocycles. The van der Waals surface area contributed by atoms with Crippen molar-refractivity contribution in [2.45, 2.75) is 24.7 Å². The van der Waals surface area contributed by atoms with Gasteiger partial charge in [-0.2, -0.15) is 8.75 Å². The van der Waals surface area contributed by atoms with Crippen LogP contribution in [0.2, 0.25) is 0 Å². The maximum Gasteiger partial charge on any atom is 0.317 e. The minimum atomic E-state index is -0.785. The summed E-state index contributed by atoms with van der Waals surface area (Å²) in [5.41, 5.74) is 1.76. The molecule has 0 unspecified atom stereocenters. The number of benzene rings is 2. The number of halogens is 1. The minimum Gasteiger partial charge on any atom is -0.455 e. The zero-order chi connectivity index (χ0) is 18.9. The van der Waals surface area contributed by atoms with Crippen molar-refractivity contribution in [1.29, 1.82) is 0 Å². The fourth-order valence-corrected chi connectivity index (χ4v) is 3.82. The van der Waals surface area contributed by atoms with Crippen LogP contribution in [0.5, 0.6) is 0 Å². The third kappa shape index (κ3) is 3.28. The Morgan fingerprint density at radius 1 is 1.15 bits per heavy atom. The molecule has 3 aromatic rings. The highest BCUT2D eigenvalue weighted by Gasteiger charge is 2.47. The number of amides is 1. The van der Waals surface area contributed by atoms with E-state index in [0.29, 0.717) is 29.6 Å². The maximum absolute atomic E-state index is 13.2. The monoisotopic (exact) mass is 385 g/mol. The first-order chi connectivity index (χ1) is 13.1. The Balaban J connectivity index is 1.41. The van der Waals surface area contributed by atoms with Gasteiger partial charge in [0.25, 0.3) is 5.91 Å². The fraction of sp³-hybridized carbons (Fsp3) is 0.263. The van der Waals surface area contributed by atoms with Gasteiger partial charge in [0.05, 0.1) is 22.8 Å². The zero-order valence-corrected chi connectivity index (χ0v) is 15.1. The third-order valence-electron chi connectivity index (χ3n) is 4.89. The molecule has 0 saturated heterocycles. The molecule has 1 fully saturated rings. The number of aromatic nitrogens is 2. The van der Waals surface area contributed by atoms with Crippen molar-refractivity contribution in [2.24, 2.45) is 0 Å². The highest BCUT2D eigenvalue weighted by molar-refractivity contribution is 7.00. The van der Waals surface area contributed by atoms with Crippen LogP contribution in [0.1, 0.15) is 24.8 Å². The van der Waals surface area contributed by atoms with Gasteiger partial charge in [-0.05, 0) is 42.7 Å². The summed E-state index contributed by atoms with van der Waals surface area (Å²) in [5, 5.41) is 2.70. The summed E-state index contributed by atoms with van der Waals surface area (Å²) < 4.78 is 26.7. The lowest BCUT2D eigenvalue weighted by atomic mass is 9.64. The molecule has 0 radical (unpaired) electrons. The van der Waals surface area contributed by atoms with Gasteiger partial charge < -0.3 is 10.1 Å². The summed E-state index contributed by atoms with van der Waals surface area (Å²) in [4.78, 5) is 24.9. The van der Waals surface area contributed by atoms with Gasteiger partial charge in [-0.1, -0.05) is 24.6 Å². The maximum atomic E-state index is 13.2. The molecule has 0 spiro atoms. The number of fused-ring (bicyclic) bond motifs is 1. The van der Waals surface area contributed by atoms with Gasteiger partial charge in [0.1, 0.15) is 16.9 Å². The van der Waals surface area contributed by atoms with Crippen LogP contribution >= 0.6 is 11.7 Å². The number of ether oxygens (including phenoxy) is 1. The van der Waals surface area contributed by atoms with Crippen molar-refractivity contribution in [3.63, 3.8) is 0 Å². The standard InChI is InChI=1S/C19H16FN3O3S/c20-13-7-5-12(6-8-13)19(9-2-10-19)18(25)26-11-16(24)21-14-3-1-4-15-17(14)23-27-22-15/h1,3-8H,2,9-11H2,(H,21,24). The van der Waals surface area contributed by atoms with Gasteiger partial charge >= 0.3 is 5.97 Å². The van der Waals surface area contributed by atoms with Crippen LogP contribution in [0.3, 0.4) is 0 Å². The van der Waals surface area contributed by atoms with E-state index in [0.717, 1.165) is 23.7 Å². The molecule has 1 saturated carbocycles. The third-order valence-corrected chi connectivity index (χ3v) is 5.43. The highest BCUT2D eigenvalue weighted by Crippen LogP contribution is 2.44.